The highest BCUT2D eigenvalue weighted by Crippen LogP contribution is 2.25. The molecule has 2 amide bonds. The summed E-state index contributed by atoms with van der Waals surface area (Å²) in [7, 11) is 0. The van der Waals surface area contributed by atoms with Crippen molar-refractivity contribution in [3.05, 3.63) is 28.2 Å². The first-order valence-corrected chi connectivity index (χ1v) is 5.85. The highest BCUT2D eigenvalue weighted by Gasteiger charge is 2.07. The molecule has 6 heteroatoms. The number of benzene rings is 1. The van der Waals surface area contributed by atoms with E-state index in [1.54, 1.807) is 6.07 Å². The van der Waals surface area contributed by atoms with Gasteiger partial charge in [-0.15, -0.1) is 0 Å². The van der Waals surface area contributed by atoms with Crippen molar-refractivity contribution in [1.29, 1.82) is 0 Å². The Kier molecular flexibility index (Phi) is 5.11. The molecule has 0 aromatic heterocycles. The highest BCUT2D eigenvalue weighted by atomic mass is 79.9. The van der Waals surface area contributed by atoms with E-state index in [0.29, 0.717) is 5.69 Å². The number of halogens is 1. The van der Waals surface area contributed by atoms with E-state index in [4.69, 9.17) is 5.73 Å². The fourth-order valence-corrected chi connectivity index (χ4v) is 1.55. The van der Waals surface area contributed by atoms with Gasteiger partial charge in [-0.3, -0.25) is 9.59 Å². The van der Waals surface area contributed by atoms with Gasteiger partial charge in [0.25, 0.3) is 0 Å². The van der Waals surface area contributed by atoms with E-state index in [1.807, 2.05) is 19.1 Å². The van der Waals surface area contributed by atoms with Crippen molar-refractivity contribution in [2.75, 3.05) is 18.4 Å². The molecule has 0 aliphatic heterocycles. The van der Waals surface area contributed by atoms with E-state index in [0.717, 1.165) is 10.0 Å². The van der Waals surface area contributed by atoms with Crippen molar-refractivity contribution in [2.45, 2.75) is 6.92 Å². The molecule has 17 heavy (non-hydrogen) atoms. The molecule has 0 aliphatic carbocycles. The van der Waals surface area contributed by atoms with Crippen LogP contribution in [0.5, 0.6) is 0 Å². The molecule has 0 fully saturated rings. The molecule has 1 aromatic carbocycles. The molecule has 0 unspecified atom stereocenters. The van der Waals surface area contributed by atoms with Crippen LogP contribution in [0.25, 0.3) is 0 Å². The number of anilines is 1. The summed E-state index contributed by atoms with van der Waals surface area (Å²) in [4.78, 5) is 22.4. The van der Waals surface area contributed by atoms with E-state index >= 15 is 0 Å². The first-order valence-electron chi connectivity index (χ1n) is 5.06. The van der Waals surface area contributed by atoms with Gasteiger partial charge in [-0.25, -0.2) is 0 Å². The summed E-state index contributed by atoms with van der Waals surface area (Å²) in [5, 5.41) is 5.08. The molecule has 0 saturated heterocycles. The average molecular weight is 300 g/mol. The fourth-order valence-electron chi connectivity index (χ4n) is 1.19. The topological polar surface area (TPSA) is 84.2 Å². The fraction of sp³-hybridized carbons (Fsp3) is 0.273. The molecule has 1 rings (SSSR count). The van der Waals surface area contributed by atoms with Gasteiger partial charge >= 0.3 is 0 Å². The largest absolute Gasteiger partial charge is 0.346 e. The molecule has 0 saturated carbocycles. The van der Waals surface area contributed by atoms with Crippen molar-refractivity contribution >= 4 is 33.4 Å². The molecule has 4 N–H and O–H groups in total. The molecule has 5 nitrogen and oxygen atoms in total. The van der Waals surface area contributed by atoms with Crippen LogP contribution in [-0.4, -0.2) is 24.9 Å². The molecule has 0 atom stereocenters. The molecular weight excluding hydrogens is 286 g/mol. The lowest BCUT2D eigenvalue weighted by Gasteiger charge is -2.09. The minimum Gasteiger partial charge on any atom is -0.346 e. The second kappa shape index (κ2) is 6.36. The Morgan fingerprint density at radius 3 is 2.71 bits per heavy atom. The maximum absolute atomic E-state index is 11.5. The number of nitrogens with one attached hydrogen (secondary N) is 2. The Hall–Kier alpha value is -1.40. The minimum absolute atomic E-state index is 0.0869. The third-order valence-electron chi connectivity index (χ3n) is 2.10. The van der Waals surface area contributed by atoms with Crippen molar-refractivity contribution in [1.82, 2.24) is 5.32 Å². The van der Waals surface area contributed by atoms with Gasteiger partial charge in [0.05, 0.1) is 18.8 Å². The Bertz CT molecular complexity index is 435. The van der Waals surface area contributed by atoms with E-state index < -0.39 is 0 Å². The quantitative estimate of drug-likeness (QED) is 0.768. The monoisotopic (exact) mass is 299 g/mol. The van der Waals surface area contributed by atoms with E-state index in [9.17, 15) is 9.59 Å². The Morgan fingerprint density at radius 2 is 2.06 bits per heavy atom. The standard InChI is InChI=1S/C11H14BrN3O2/c1-7-3-2-4-8(11(7)12)15-10(17)6-14-9(16)5-13/h2-4H,5-6,13H2,1H3,(H,14,16)(H,15,17). The Morgan fingerprint density at radius 1 is 1.35 bits per heavy atom. The molecule has 0 heterocycles. The van der Waals surface area contributed by atoms with Crippen LogP contribution in [0.4, 0.5) is 5.69 Å². The molecule has 92 valence electrons. The van der Waals surface area contributed by atoms with Crippen LogP contribution in [0.3, 0.4) is 0 Å². The second-order valence-electron chi connectivity index (χ2n) is 3.47. The van der Waals surface area contributed by atoms with Gasteiger partial charge in [0.2, 0.25) is 11.8 Å². The summed E-state index contributed by atoms with van der Waals surface area (Å²) in [6.45, 7) is 1.72. The van der Waals surface area contributed by atoms with Crippen molar-refractivity contribution in [3.8, 4) is 0 Å². The number of carbonyl (C=O) groups is 2. The summed E-state index contributed by atoms with van der Waals surface area (Å²) >= 11 is 3.38. The number of nitrogens with two attached hydrogens (primary N) is 1. The van der Waals surface area contributed by atoms with Gasteiger partial charge in [0, 0.05) is 4.47 Å². The smallest absolute Gasteiger partial charge is 0.243 e. The van der Waals surface area contributed by atoms with Crippen molar-refractivity contribution in [2.24, 2.45) is 5.73 Å². The molecule has 0 aliphatic rings. The van der Waals surface area contributed by atoms with Crippen LogP contribution < -0.4 is 16.4 Å². The van der Waals surface area contributed by atoms with Crippen LogP contribution in [0.1, 0.15) is 5.56 Å². The zero-order valence-corrected chi connectivity index (χ0v) is 11.0. The minimum atomic E-state index is -0.358. The van der Waals surface area contributed by atoms with Crippen molar-refractivity contribution < 1.29 is 9.59 Å². The third-order valence-corrected chi connectivity index (χ3v) is 3.15. The Balaban J connectivity index is 2.56. The Labute approximate surface area is 108 Å². The maximum Gasteiger partial charge on any atom is 0.243 e. The van der Waals surface area contributed by atoms with E-state index in [-0.39, 0.29) is 24.9 Å². The lowest BCUT2D eigenvalue weighted by molar-refractivity contribution is -0.123. The van der Waals surface area contributed by atoms with Gasteiger partial charge in [0.15, 0.2) is 0 Å². The predicted octanol–water partition coefficient (Wildman–Crippen LogP) is 0.771. The zero-order chi connectivity index (χ0) is 12.8. The molecule has 0 bridgehead atoms. The summed E-state index contributed by atoms with van der Waals surface area (Å²) in [6.07, 6.45) is 0. The number of aryl methyl sites for hydroxylation is 1. The molecule has 1 aromatic rings. The SMILES string of the molecule is Cc1cccc(NC(=O)CNC(=O)CN)c1Br. The number of rotatable bonds is 4. The van der Waals surface area contributed by atoms with Gasteiger partial charge in [-0.2, -0.15) is 0 Å². The summed E-state index contributed by atoms with van der Waals surface area (Å²) in [6, 6.07) is 5.55. The normalized spacial score (nSPS) is 9.82. The van der Waals surface area contributed by atoms with Gasteiger partial charge < -0.3 is 16.4 Å². The number of hydrogen-bond acceptors (Lipinski definition) is 3. The average Bonchev–Trinajstić information content (AvgIpc) is 2.32. The van der Waals surface area contributed by atoms with Gasteiger partial charge in [-0.05, 0) is 34.5 Å². The van der Waals surface area contributed by atoms with Crippen LogP contribution in [0, 0.1) is 6.92 Å². The van der Waals surface area contributed by atoms with Crippen LogP contribution in [0.2, 0.25) is 0 Å². The first-order chi connectivity index (χ1) is 8.04. The first kappa shape index (κ1) is 13.7. The van der Waals surface area contributed by atoms with Crippen LogP contribution in [-0.2, 0) is 9.59 Å². The third kappa shape index (κ3) is 4.16. The number of carbonyl (C=O) groups excluding carboxylic acids is 2. The van der Waals surface area contributed by atoms with Crippen LogP contribution >= 0.6 is 15.9 Å². The second-order valence-corrected chi connectivity index (χ2v) is 4.26. The molecular formula is C11H14BrN3O2. The maximum atomic E-state index is 11.5. The van der Waals surface area contributed by atoms with Crippen molar-refractivity contribution in [3.63, 3.8) is 0 Å². The molecule has 0 radical (unpaired) electrons. The number of hydrogen-bond donors (Lipinski definition) is 3. The summed E-state index contributed by atoms with van der Waals surface area (Å²) < 4.78 is 0.832. The van der Waals surface area contributed by atoms with Gasteiger partial charge in [-0.1, -0.05) is 12.1 Å². The van der Waals surface area contributed by atoms with E-state index in [2.05, 4.69) is 26.6 Å². The summed E-state index contributed by atoms with van der Waals surface area (Å²) in [5.74, 6) is -0.651. The predicted molar refractivity (Wildman–Crippen MR) is 69.6 cm³/mol. The van der Waals surface area contributed by atoms with E-state index in [1.165, 1.54) is 0 Å². The summed E-state index contributed by atoms with van der Waals surface area (Å²) in [5.41, 5.74) is 6.80. The lowest BCUT2D eigenvalue weighted by atomic mass is 10.2. The van der Waals surface area contributed by atoms with Crippen LogP contribution in [0.15, 0.2) is 22.7 Å². The lowest BCUT2D eigenvalue weighted by Crippen LogP contribution is -2.36. The molecule has 0 spiro atoms. The zero-order valence-electron chi connectivity index (χ0n) is 9.42. The number of amides is 2. The highest BCUT2D eigenvalue weighted by molar-refractivity contribution is 9.10. The van der Waals surface area contributed by atoms with Gasteiger partial charge in [0.1, 0.15) is 0 Å².